The molecule has 0 radical (unpaired) electrons. The van der Waals surface area contributed by atoms with Crippen LogP contribution in [0.3, 0.4) is 0 Å². The first-order valence-corrected chi connectivity index (χ1v) is 6.81. The molecule has 1 aromatic heterocycles. The van der Waals surface area contributed by atoms with Crippen LogP contribution in [0, 0.1) is 11.6 Å². The summed E-state index contributed by atoms with van der Waals surface area (Å²) in [4.78, 5) is 4.04. The van der Waals surface area contributed by atoms with Crippen molar-refractivity contribution in [2.45, 2.75) is 19.4 Å². The molecule has 116 valence electrons. The molecule has 0 saturated carbocycles. The number of rotatable bonds is 8. The number of aryl methyl sites for hydroxylation is 1. The Morgan fingerprint density at radius 2 is 2.00 bits per heavy atom. The maximum absolute atomic E-state index is 13.9. The molecule has 0 aliphatic rings. The summed E-state index contributed by atoms with van der Waals surface area (Å²) in [7, 11) is 1.62. The average Bonchev–Trinajstić information content (AvgIpc) is 2.79. The highest BCUT2D eigenvalue weighted by Gasteiger charge is 2.15. The third kappa shape index (κ3) is 3.68. The molecule has 21 heavy (non-hydrogen) atoms. The SMILES string of the molecule is COCCOCCCCn1c(N)nc2ccc(F)c(F)c21. The Morgan fingerprint density at radius 1 is 1.19 bits per heavy atom. The van der Waals surface area contributed by atoms with Gasteiger partial charge < -0.3 is 19.8 Å². The molecule has 0 fully saturated rings. The standard InChI is InChI=1S/C14H19F2N3O2/c1-20-8-9-21-7-3-2-6-19-13-11(18-14(19)17)5-4-10(15)12(13)16/h4-5H,2-3,6-9H2,1H3,(H2,17,18). The lowest BCUT2D eigenvalue weighted by molar-refractivity contribution is 0.0684. The Bertz CT molecular complexity index is 601. The zero-order chi connectivity index (χ0) is 15.2. The molecule has 0 unspecified atom stereocenters. The zero-order valence-electron chi connectivity index (χ0n) is 11.9. The number of nitrogens with zero attached hydrogens (tertiary/aromatic N) is 2. The highest BCUT2D eigenvalue weighted by atomic mass is 19.2. The molecule has 2 aromatic rings. The van der Waals surface area contributed by atoms with E-state index in [1.165, 1.54) is 10.6 Å². The maximum Gasteiger partial charge on any atom is 0.201 e. The van der Waals surface area contributed by atoms with Crippen LogP contribution in [0.5, 0.6) is 0 Å². The van der Waals surface area contributed by atoms with Crippen molar-refractivity contribution in [2.75, 3.05) is 32.7 Å². The maximum atomic E-state index is 13.9. The summed E-state index contributed by atoms with van der Waals surface area (Å²) in [6.07, 6.45) is 1.53. The van der Waals surface area contributed by atoms with Gasteiger partial charge in [-0.1, -0.05) is 0 Å². The molecule has 0 atom stereocenters. The van der Waals surface area contributed by atoms with E-state index in [0.717, 1.165) is 18.9 Å². The second kappa shape index (κ2) is 7.33. The lowest BCUT2D eigenvalue weighted by atomic mass is 10.2. The van der Waals surface area contributed by atoms with Crippen LogP contribution in [0.25, 0.3) is 11.0 Å². The van der Waals surface area contributed by atoms with Crippen molar-refractivity contribution in [3.8, 4) is 0 Å². The van der Waals surface area contributed by atoms with E-state index in [1.54, 1.807) is 7.11 Å². The van der Waals surface area contributed by atoms with Crippen LogP contribution in [-0.4, -0.2) is 36.5 Å². The summed E-state index contributed by atoms with van der Waals surface area (Å²) in [6, 6.07) is 2.48. The van der Waals surface area contributed by atoms with Gasteiger partial charge in [0.25, 0.3) is 0 Å². The van der Waals surface area contributed by atoms with Gasteiger partial charge in [0.1, 0.15) is 5.52 Å². The summed E-state index contributed by atoms with van der Waals surface area (Å²) in [5, 5.41) is 0. The number of hydrogen-bond acceptors (Lipinski definition) is 4. The molecule has 2 rings (SSSR count). The van der Waals surface area contributed by atoms with Gasteiger partial charge in [-0.25, -0.2) is 13.8 Å². The van der Waals surface area contributed by atoms with E-state index in [9.17, 15) is 8.78 Å². The number of benzene rings is 1. The van der Waals surface area contributed by atoms with Crippen LogP contribution in [0.15, 0.2) is 12.1 Å². The molecule has 0 bridgehead atoms. The van der Waals surface area contributed by atoms with E-state index in [1.807, 2.05) is 0 Å². The number of methoxy groups -OCH3 is 1. The minimum atomic E-state index is -0.909. The number of hydrogen-bond donors (Lipinski definition) is 1. The third-order valence-electron chi connectivity index (χ3n) is 3.18. The van der Waals surface area contributed by atoms with Crippen molar-refractivity contribution in [3.63, 3.8) is 0 Å². The molecule has 1 aromatic carbocycles. The molecule has 5 nitrogen and oxygen atoms in total. The van der Waals surface area contributed by atoms with Gasteiger partial charge in [-0.3, -0.25) is 0 Å². The fraction of sp³-hybridized carbons (Fsp3) is 0.500. The van der Waals surface area contributed by atoms with E-state index in [0.29, 0.717) is 31.9 Å². The first kappa shape index (κ1) is 15.7. The molecule has 0 aliphatic heterocycles. The van der Waals surface area contributed by atoms with Gasteiger partial charge in [-0.15, -0.1) is 0 Å². The highest BCUT2D eigenvalue weighted by Crippen LogP contribution is 2.23. The summed E-state index contributed by atoms with van der Waals surface area (Å²) in [5.41, 5.74) is 6.25. The monoisotopic (exact) mass is 299 g/mol. The highest BCUT2D eigenvalue weighted by molar-refractivity contribution is 5.79. The molecule has 1 heterocycles. The average molecular weight is 299 g/mol. The number of unbranched alkanes of at least 4 members (excludes halogenated alkanes) is 1. The molecule has 0 spiro atoms. The topological polar surface area (TPSA) is 62.3 Å². The van der Waals surface area contributed by atoms with E-state index in [-0.39, 0.29) is 11.5 Å². The minimum absolute atomic E-state index is 0.118. The number of imidazole rings is 1. The number of fused-ring (bicyclic) bond motifs is 1. The molecular formula is C14H19F2N3O2. The van der Waals surface area contributed by atoms with E-state index < -0.39 is 11.6 Å². The summed E-state index contributed by atoms with van der Waals surface area (Å²) in [6.45, 7) is 2.17. The second-order valence-corrected chi connectivity index (χ2v) is 4.66. The Labute approximate surface area is 121 Å². The Kier molecular flexibility index (Phi) is 5.46. The molecule has 0 amide bonds. The Hall–Kier alpha value is -1.73. The van der Waals surface area contributed by atoms with Gasteiger partial charge in [0.15, 0.2) is 11.6 Å². The fourth-order valence-electron chi connectivity index (χ4n) is 2.12. The Balaban J connectivity index is 1.96. The van der Waals surface area contributed by atoms with Crippen molar-refractivity contribution in [2.24, 2.45) is 0 Å². The van der Waals surface area contributed by atoms with E-state index >= 15 is 0 Å². The zero-order valence-corrected chi connectivity index (χ0v) is 11.9. The normalized spacial score (nSPS) is 11.4. The summed E-state index contributed by atoms with van der Waals surface area (Å²) < 4.78 is 38.9. The predicted molar refractivity (Wildman–Crippen MR) is 76.0 cm³/mol. The molecule has 7 heteroatoms. The van der Waals surface area contributed by atoms with Crippen LogP contribution >= 0.6 is 0 Å². The lowest BCUT2D eigenvalue weighted by Crippen LogP contribution is -2.07. The number of nitrogen functional groups attached to an aromatic ring is 1. The van der Waals surface area contributed by atoms with Gasteiger partial charge in [-0.05, 0) is 25.0 Å². The number of nitrogens with two attached hydrogens (primary N) is 1. The molecular weight excluding hydrogens is 280 g/mol. The van der Waals surface area contributed by atoms with Gasteiger partial charge in [0.05, 0.1) is 18.7 Å². The van der Waals surface area contributed by atoms with Crippen molar-refractivity contribution in [1.29, 1.82) is 0 Å². The molecule has 0 aliphatic carbocycles. The van der Waals surface area contributed by atoms with Gasteiger partial charge >= 0.3 is 0 Å². The number of ether oxygens (including phenoxy) is 2. The van der Waals surface area contributed by atoms with Crippen LogP contribution in [-0.2, 0) is 16.0 Å². The number of aromatic nitrogens is 2. The lowest BCUT2D eigenvalue weighted by Gasteiger charge is -2.07. The van der Waals surface area contributed by atoms with Crippen molar-refractivity contribution >= 4 is 17.0 Å². The van der Waals surface area contributed by atoms with Gasteiger partial charge in [0.2, 0.25) is 5.95 Å². The first-order valence-electron chi connectivity index (χ1n) is 6.81. The fourth-order valence-corrected chi connectivity index (χ4v) is 2.12. The van der Waals surface area contributed by atoms with E-state index in [2.05, 4.69) is 4.98 Å². The molecule has 0 saturated heterocycles. The third-order valence-corrected chi connectivity index (χ3v) is 3.18. The first-order chi connectivity index (χ1) is 10.1. The molecule has 2 N–H and O–H groups in total. The van der Waals surface area contributed by atoms with Crippen molar-refractivity contribution in [3.05, 3.63) is 23.8 Å². The van der Waals surface area contributed by atoms with E-state index in [4.69, 9.17) is 15.2 Å². The van der Waals surface area contributed by atoms with Crippen LogP contribution in [0.1, 0.15) is 12.8 Å². The second-order valence-electron chi connectivity index (χ2n) is 4.66. The van der Waals surface area contributed by atoms with Gasteiger partial charge in [0, 0.05) is 20.3 Å². The minimum Gasteiger partial charge on any atom is -0.382 e. The van der Waals surface area contributed by atoms with Crippen LogP contribution in [0.4, 0.5) is 14.7 Å². The van der Waals surface area contributed by atoms with Gasteiger partial charge in [-0.2, -0.15) is 0 Å². The smallest absolute Gasteiger partial charge is 0.201 e. The number of anilines is 1. The number of halogens is 2. The van der Waals surface area contributed by atoms with Crippen molar-refractivity contribution in [1.82, 2.24) is 9.55 Å². The quantitative estimate of drug-likeness (QED) is 0.760. The van der Waals surface area contributed by atoms with Crippen LogP contribution in [0.2, 0.25) is 0 Å². The predicted octanol–water partition coefficient (Wildman–Crippen LogP) is 2.34. The summed E-state index contributed by atoms with van der Waals surface area (Å²) >= 11 is 0. The van der Waals surface area contributed by atoms with Crippen LogP contribution < -0.4 is 5.73 Å². The largest absolute Gasteiger partial charge is 0.382 e. The van der Waals surface area contributed by atoms with Crippen molar-refractivity contribution < 1.29 is 18.3 Å². The Morgan fingerprint density at radius 3 is 2.76 bits per heavy atom. The summed E-state index contributed by atoms with van der Waals surface area (Å²) in [5.74, 6) is -1.62.